The SMILES string of the molecule is CC(C)(C)OC(=O)N1[C@@H]2CC[C@H]1CN(c1nc(OCC34CCCN3CC(=C(F)F)C4)nc3c(F)c(Br)c(Cl)cc13)C2. The van der Waals surface area contributed by atoms with Crippen LogP contribution >= 0.6 is 27.5 Å². The van der Waals surface area contributed by atoms with Gasteiger partial charge < -0.3 is 14.4 Å². The lowest BCUT2D eigenvalue weighted by molar-refractivity contribution is 0.0122. The fourth-order valence-electron chi connectivity index (χ4n) is 6.80. The van der Waals surface area contributed by atoms with Crippen LogP contribution in [0.4, 0.5) is 23.8 Å². The molecule has 5 heterocycles. The number of fused-ring (bicyclic) bond motifs is 4. The molecule has 2 aromatic rings. The Bertz CT molecular complexity index is 1420. The van der Waals surface area contributed by atoms with E-state index in [1.165, 1.54) is 0 Å². The summed E-state index contributed by atoms with van der Waals surface area (Å²) < 4.78 is 54.3. The van der Waals surface area contributed by atoms with Crippen molar-refractivity contribution in [3.63, 3.8) is 0 Å². The average molecular weight is 659 g/mol. The number of benzene rings is 1. The Hall–Kier alpha value is -2.31. The molecule has 13 heteroatoms. The fraction of sp³-hybridized carbons (Fsp3) is 0.607. The fourth-order valence-corrected chi connectivity index (χ4v) is 7.29. The molecular formula is C28H32BrClF3N5O3. The van der Waals surface area contributed by atoms with Gasteiger partial charge in [-0.05, 0) is 81.4 Å². The number of carbonyl (C=O) groups is 1. The van der Waals surface area contributed by atoms with Crippen molar-refractivity contribution in [2.45, 2.75) is 76.1 Å². The van der Waals surface area contributed by atoms with E-state index < -0.39 is 23.0 Å². The first-order valence-corrected chi connectivity index (χ1v) is 15.0. The van der Waals surface area contributed by atoms with E-state index in [1.54, 1.807) is 6.07 Å². The molecule has 4 aliphatic rings. The van der Waals surface area contributed by atoms with Crippen LogP contribution in [0.15, 0.2) is 22.2 Å². The number of nitrogens with zero attached hydrogens (tertiary/aromatic N) is 5. The highest BCUT2D eigenvalue weighted by molar-refractivity contribution is 9.10. The number of hydrogen-bond donors (Lipinski definition) is 0. The average Bonchev–Trinajstić information content (AvgIpc) is 3.53. The first kappa shape index (κ1) is 28.8. The normalized spacial score (nSPS) is 26.2. The topological polar surface area (TPSA) is 71.0 Å². The van der Waals surface area contributed by atoms with Gasteiger partial charge in [0.2, 0.25) is 0 Å². The van der Waals surface area contributed by atoms with Gasteiger partial charge in [-0.25, -0.2) is 9.18 Å². The van der Waals surface area contributed by atoms with Crippen LogP contribution < -0.4 is 9.64 Å². The number of ether oxygens (including phenoxy) is 2. The monoisotopic (exact) mass is 657 g/mol. The Morgan fingerprint density at radius 2 is 1.93 bits per heavy atom. The summed E-state index contributed by atoms with van der Waals surface area (Å²) >= 11 is 9.56. The maximum absolute atomic E-state index is 15.5. The van der Waals surface area contributed by atoms with E-state index in [0.717, 1.165) is 32.2 Å². The van der Waals surface area contributed by atoms with Crippen molar-refractivity contribution in [3.8, 4) is 6.01 Å². The lowest BCUT2D eigenvalue weighted by Crippen LogP contribution is -2.57. The highest BCUT2D eigenvalue weighted by Crippen LogP contribution is 2.44. The molecule has 4 fully saturated rings. The van der Waals surface area contributed by atoms with Gasteiger partial charge in [-0.2, -0.15) is 18.7 Å². The van der Waals surface area contributed by atoms with Crippen molar-refractivity contribution in [2.75, 3.05) is 37.7 Å². The summed E-state index contributed by atoms with van der Waals surface area (Å²) in [5.74, 6) is -0.177. The lowest BCUT2D eigenvalue weighted by Gasteiger charge is -2.42. The summed E-state index contributed by atoms with van der Waals surface area (Å²) in [6.45, 7) is 7.52. The second kappa shape index (κ2) is 10.4. The Morgan fingerprint density at radius 1 is 1.22 bits per heavy atom. The number of halogens is 5. The van der Waals surface area contributed by atoms with Crippen LogP contribution in [0.5, 0.6) is 6.01 Å². The van der Waals surface area contributed by atoms with Gasteiger partial charge in [-0.15, -0.1) is 0 Å². The van der Waals surface area contributed by atoms with Crippen molar-refractivity contribution in [1.82, 2.24) is 19.8 Å². The quantitative estimate of drug-likeness (QED) is 0.346. The first-order valence-electron chi connectivity index (χ1n) is 13.9. The Labute approximate surface area is 249 Å². The van der Waals surface area contributed by atoms with Gasteiger partial charge in [0.05, 0.1) is 27.1 Å². The smallest absolute Gasteiger partial charge is 0.410 e. The number of amides is 1. The molecule has 4 saturated heterocycles. The van der Waals surface area contributed by atoms with E-state index in [4.69, 9.17) is 26.1 Å². The van der Waals surface area contributed by atoms with Crippen LogP contribution in [-0.4, -0.2) is 81.9 Å². The third-order valence-corrected chi connectivity index (χ3v) is 9.88. The van der Waals surface area contributed by atoms with Crippen LogP contribution in [0.3, 0.4) is 0 Å². The lowest BCUT2D eigenvalue weighted by atomic mass is 9.94. The molecule has 0 spiro atoms. The van der Waals surface area contributed by atoms with E-state index in [2.05, 4.69) is 20.9 Å². The molecule has 4 aliphatic heterocycles. The van der Waals surface area contributed by atoms with Crippen molar-refractivity contribution in [1.29, 1.82) is 0 Å². The molecule has 222 valence electrons. The van der Waals surface area contributed by atoms with E-state index in [9.17, 15) is 13.6 Å². The van der Waals surface area contributed by atoms with Gasteiger partial charge in [0.25, 0.3) is 6.08 Å². The van der Waals surface area contributed by atoms with Crippen molar-refractivity contribution in [3.05, 3.63) is 33.0 Å². The number of carbonyl (C=O) groups excluding carboxylic acids is 1. The molecule has 8 nitrogen and oxygen atoms in total. The minimum absolute atomic E-state index is 0.0260. The molecule has 0 radical (unpaired) electrons. The zero-order chi connectivity index (χ0) is 29.3. The van der Waals surface area contributed by atoms with Gasteiger partial charge >= 0.3 is 12.1 Å². The summed E-state index contributed by atoms with van der Waals surface area (Å²) in [5, 5.41) is 0.613. The zero-order valence-corrected chi connectivity index (χ0v) is 25.5. The van der Waals surface area contributed by atoms with Gasteiger partial charge in [0.1, 0.15) is 23.5 Å². The van der Waals surface area contributed by atoms with Crippen molar-refractivity contribution >= 4 is 50.3 Å². The molecule has 6 rings (SSSR count). The maximum atomic E-state index is 15.5. The molecule has 0 N–H and O–H groups in total. The van der Waals surface area contributed by atoms with E-state index in [0.29, 0.717) is 24.3 Å². The highest BCUT2D eigenvalue weighted by Gasteiger charge is 2.49. The summed E-state index contributed by atoms with van der Waals surface area (Å²) in [7, 11) is 0. The molecule has 41 heavy (non-hydrogen) atoms. The predicted octanol–water partition coefficient (Wildman–Crippen LogP) is 6.54. The molecule has 0 aliphatic carbocycles. The number of piperazine rings is 1. The molecule has 1 amide bonds. The van der Waals surface area contributed by atoms with Crippen LogP contribution in [0, 0.1) is 5.82 Å². The molecule has 1 unspecified atom stereocenters. The van der Waals surface area contributed by atoms with Crippen molar-refractivity contribution in [2.24, 2.45) is 0 Å². The van der Waals surface area contributed by atoms with Crippen molar-refractivity contribution < 1.29 is 27.4 Å². The zero-order valence-electron chi connectivity index (χ0n) is 23.2. The largest absolute Gasteiger partial charge is 0.461 e. The minimum Gasteiger partial charge on any atom is -0.461 e. The van der Waals surface area contributed by atoms with Gasteiger partial charge in [-0.3, -0.25) is 9.80 Å². The predicted molar refractivity (Wildman–Crippen MR) is 152 cm³/mol. The Kier molecular flexibility index (Phi) is 7.34. The van der Waals surface area contributed by atoms with E-state index in [-0.39, 0.29) is 64.3 Å². The molecule has 1 aromatic heterocycles. The summed E-state index contributed by atoms with van der Waals surface area (Å²) in [6.07, 6.45) is 1.48. The summed E-state index contributed by atoms with van der Waals surface area (Å²) in [5.41, 5.74) is -0.985. The van der Waals surface area contributed by atoms with E-state index in [1.807, 2.05) is 35.5 Å². The van der Waals surface area contributed by atoms with Crippen LogP contribution in [0.1, 0.15) is 52.9 Å². The molecule has 0 saturated carbocycles. The Morgan fingerprint density at radius 3 is 2.59 bits per heavy atom. The molecule has 1 aromatic carbocycles. The number of anilines is 1. The van der Waals surface area contributed by atoms with Crippen LogP contribution in [-0.2, 0) is 4.74 Å². The van der Waals surface area contributed by atoms with Crippen LogP contribution in [0.25, 0.3) is 10.9 Å². The van der Waals surface area contributed by atoms with Gasteiger partial charge in [0, 0.05) is 30.6 Å². The second-order valence-corrected chi connectivity index (χ2v) is 13.7. The number of hydrogen-bond acceptors (Lipinski definition) is 7. The highest BCUT2D eigenvalue weighted by atomic mass is 79.9. The molecular weight excluding hydrogens is 627 g/mol. The Balaban J connectivity index is 1.32. The first-order chi connectivity index (χ1) is 19.3. The van der Waals surface area contributed by atoms with E-state index >= 15 is 4.39 Å². The third-order valence-electron chi connectivity index (χ3n) is 8.57. The van der Waals surface area contributed by atoms with Crippen LogP contribution in [0.2, 0.25) is 5.02 Å². The summed E-state index contributed by atoms with van der Waals surface area (Å²) in [6, 6.07) is 1.40. The minimum atomic E-state index is -1.63. The summed E-state index contributed by atoms with van der Waals surface area (Å²) in [4.78, 5) is 28.0. The second-order valence-electron chi connectivity index (χ2n) is 12.5. The van der Waals surface area contributed by atoms with Gasteiger partial charge in [0.15, 0.2) is 5.82 Å². The number of aromatic nitrogens is 2. The molecule has 3 atom stereocenters. The number of rotatable bonds is 4. The maximum Gasteiger partial charge on any atom is 0.410 e. The standard InChI is InChI=1S/C28H32BrClF3N5O3/c1-27(2,3)41-26(39)38-16-5-6-17(38)13-36(12-16)24-18-9-19(30)20(29)21(31)22(18)34-25(35-24)40-14-28-7-4-8-37(28)11-15(10-28)23(32)33/h9,16-17H,4-8,10-14H2,1-3H3/t16-,17+,28?. The molecule has 2 bridgehead atoms. The third kappa shape index (κ3) is 5.24. The van der Waals surface area contributed by atoms with Gasteiger partial charge in [-0.1, -0.05) is 11.6 Å².